The van der Waals surface area contributed by atoms with Crippen molar-refractivity contribution in [3.63, 3.8) is 0 Å². The van der Waals surface area contributed by atoms with Gasteiger partial charge in [0.05, 0.1) is 6.26 Å². The van der Waals surface area contributed by atoms with Gasteiger partial charge in [-0.05, 0) is 25.7 Å². The molecule has 1 aliphatic heterocycles. The van der Waals surface area contributed by atoms with Crippen LogP contribution in [0.15, 0.2) is 6.20 Å². The lowest BCUT2D eigenvalue weighted by atomic mass is 9.99. The Morgan fingerprint density at radius 1 is 1.36 bits per heavy atom. The second-order valence-electron chi connectivity index (χ2n) is 6.07. The highest BCUT2D eigenvalue weighted by molar-refractivity contribution is 7.88. The molecule has 1 fully saturated rings. The van der Waals surface area contributed by atoms with Crippen LogP contribution in [-0.2, 0) is 16.4 Å². The van der Waals surface area contributed by atoms with E-state index in [9.17, 15) is 8.42 Å². The Kier molecular flexibility index (Phi) is 5.39. The van der Waals surface area contributed by atoms with Crippen molar-refractivity contribution in [3.05, 3.63) is 17.6 Å². The van der Waals surface area contributed by atoms with Gasteiger partial charge in [-0.15, -0.1) is 0 Å². The molecule has 0 amide bonds. The quantitative estimate of drug-likeness (QED) is 0.857. The first-order chi connectivity index (χ1) is 10.3. The van der Waals surface area contributed by atoms with Crippen LogP contribution in [0.5, 0.6) is 0 Å². The summed E-state index contributed by atoms with van der Waals surface area (Å²) < 4.78 is 26.0. The molecule has 0 aromatic carbocycles. The molecule has 0 saturated carbocycles. The van der Waals surface area contributed by atoms with Gasteiger partial charge in [-0.2, -0.15) is 0 Å². The molecule has 0 bridgehead atoms. The lowest BCUT2D eigenvalue weighted by molar-refractivity contribution is 0.442. The van der Waals surface area contributed by atoms with Gasteiger partial charge in [-0.3, -0.25) is 0 Å². The maximum absolute atomic E-state index is 11.6. The van der Waals surface area contributed by atoms with Crippen molar-refractivity contribution in [2.24, 2.45) is 5.92 Å². The minimum atomic E-state index is -3.20. The smallest absolute Gasteiger partial charge is 0.209 e. The highest BCUT2D eigenvalue weighted by Crippen LogP contribution is 2.28. The number of aryl methyl sites for hydroxylation is 2. The normalized spacial score (nSPS) is 22.3. The summed E-state index contributed by atoms with van der Waals surface area (Å²) in [6, 6.07) is -0.0464. The molecule has 1 saturated heterocycles. The van der Waals surface area contributed by atoms with Crippen LogP contribution in [0, 0.1) is 12.8 Å². The molecular weight excluding hydrogens is 300 g/mol. The molecule has 2 heterocycles. The van der Waals surface area contributed by atoms with E-state index < -0.39 is 10.0 Å². The number of rotatable bonds is 6. The summed E-state index contributed by atoms with van der Waals surface area (Å²) in [6.07, 6.45) is 6.03. The average Bonchev–Trinajstić information content (AvgIpc) is 2.80. The van der Waals surface area contributed by atoms with E-state index in [-0.39, 0.29) is 6.04 Å². The molecule has 6 nitrogen and oxygen atoms in total. The highest BCUT2D eigenvalue weighted by atomic mass is 32.2. The summed E-state index contributed by atoms with van der Waals surface area (Å²) >= 11 is 0. The minimum Gasteiger partial charge on any atom is -0.354 e. The number of nitrogens with one attached hydrogen (secondary N) is 1. The van der Waals surface area contributed by atoms with Gasteiger partial charge in [0, 0.05) is 30.9 Å². The van der Waals surface area contributed by atoms with Crippen LogP contribution in [0.3, 0.4) is 0 Å². The zero-order chi connectivity index (χ0) is 16.3. The first-order valence-electron chi connectivity index (χ1n) is 7.88. The third-order valence-corrected chi connectivity index (χ3v) is 4.84. The molecular formula is C15H26N4O2S. The van der Waals surface area contributed by atoms with E-state index >= 15 is 0 Å². The van der Waals surface area contributed by atoms with Crippen LogP contribution in [0.1, 0.15) is 38.1 Å². The lowest BCUT2D eigenvalue weighted by Gasteiger charge is -2.20. The third kappa shape index (κ3) is 4.16. The number of hydrogen-bond acceptors (Lipinski definition) is 5. The summed E-state index contributed by atoms with van der Waals surface area (Å²) in [4.78, 5) is 11.1. The fourth-order valence-corrected chi connectivity index (χ4v) is 3.94. The first-order valence-corrected chi connectivity index (χ1v) is 9.78. The fraction of sp³-hybridized carbons (Fsp3) is 0.733. The van der Waals surface area contributed by atoms with Gasteiger partial charge in [-0.1, -0.05) is 20.3 Å². The minimum absolute atomic E-state index is 0.0464. The Morgan fingerprint density at radius 3 is 2.68 bits per heavy atom. The van der Waals surface area contributed by atoms with Crippen LogP contribution in [0.2, 0.25) is 0 Å². The summed E-state index contributed by atoms with van der Waals surface area (Å²) in [5, 5.41) is 0. The topological polar surface area (TPSA) is 75.2 Å². The molecule has 7 heteroatoms. The average molecular weight is 326 g/mol. The molecule has 124 valence electrons. The van der Waals surface area contributed by atoms with Crippen molar-refractivity contribution in [2.75, 3.05) is 24.2 Å². The zero-order valence-corrected chi connectivity index (χ0v) is 14.7. The molecule has 0 radical (unpaired) electrons. The van der Waals surface area contributed by atoms with E-state index in [4.69, 9.17) is 0 Å². The van der Waals surface area contributed by atoms with Crippen LogP contribution in [-0.4, -0.2) is 43.8 Å². The van der Waals surface area contributed by atoms with E-state index in [0.29, 0.717) is 12.5 Å². The molecule has 2 rings (SSSR count). The second kappa shape index (κ2) is 6.91. The van der Waals surface area contributed by atoms with Gasteiger partial charge >= 0.3 is 0 Å². The van der Waals surface area contributed by atoms with Crippen LogP contribution in [0.4, 0.5) is 5.82 Å². The lowest BCUT2D eigenvalue weighted by Crippen LogP contribution is -2.40. The predicted molar refractivity (Wildman–Crippen MR) is 88.5 cm³/mol. The number of anilines is 1. The summed E-state index contributed by atoms with van der Waals surface area (Å²) in [6.45, 7) is 7.61. The molecule has 22 heavy (non-hydrogen) atoms. The predicted octanol–water partition coefficient (Wildman–Crippen LogP) is 1.50. The summed E-state index contributed by atoms with van der Waals surface area (Å²) in [5.74, 6) is 2.02. The molecule has 1 aliphatic rings. The van der Waals surface area contributed by atoms with Gasteiger partial charge < -0.3 is 4.90 Å². The third-order valence-electron chi connectivity index (χ3n) is 4.11. The van der Waals surface area contributed by atoms with E-state index in [1.807, 2.05) is 13.1 Å². The van der Waals surface area contributed by atoms with Crippen LogP contribution < -0.4 is 9.62 Å². The van der Waals surface area contributed by atoms with Crippen LogP contribution >= 0.6 is 0 Å². The Hall–Kier alpha value is -1.21. The molecule has 2 unspecified atom stereocenters. The standard InChI is InChI=1S/C15H26N4O2S/c1-5-7-13-9-19(10-14(13)18-22(4,20)21)15-12(6-2)8-16-11(3)17-15/h8,13-14,18H,5-7,9-10H2,1-4H3. The number of sulfonamides is 1. The first kappa shape index (κ1) is 17.1. The van der Waals surface area contributed by atoms with Gasteiger partial charge in [0.2, 0.25) is 10.0 Å². The Morgan fingerprint density at radius 2 is 2.09 bits per heavy atom. The van der Waals surface area contributed by atoms with Crippen molar-refractivity contribution >= 4 is 15.8 Å². The van der Waals surface area contributed by atoms with Gasteiger partial charge in [-0.25, -0.2) is 23.1 Å². The Bertz CT molecular complexity index is 618. The molecule has 0 spiro atoms. The van der Waals surface area contributed by atoms with E-state index in [1.54, 1.807) is 0 Å². The van der Waals surface area contributed by atoms with Crippen molar-refractivity contribution in [3.8, 4) is 0 Å². The Labute approximate surface area is 133 Å². The molecule has 1 aromatic heterocycles. The van der Waals surface area contributed by atoms with Crippen molar-refractivity contribution < 1.29 is 8.42 Å². The largest absolute Gasteiger partial charge is 0.354 e. The zero-order valence-electron chi connectivity index (χ0n) is 13.8. The summed E-state index contributed by atoms with van der Waals surface area (Å²) in [7, 11) is -3.20. The van der Waals surface area contributed by atoms with E-state index in [0.717, 1.165) is 43.0 Å². The van der Waals surface area contributed by atoms with Gasteiger partial charge in [0.25, 0.3) is 0 Å². The van der Waals surface area contributed by atoms with Crippen molar-refractivity contribution in [1.82, 2.24) is 14.7 Å². The van der Waals surface area contributed by atoms with Crippen LogP contribution in [0.25, 0.3) is 0 Å². The number of hydrogen-bond donors (Lipinski definition) is 1. The molecule has 1 N–H and O–H groups in total. The number of aromatic nitrogens is 2. The van der Waals surface area contributed by atoms with Gasteiger partial charge in [0.1, 0.15) is 11.6 Å². The maximum atomic E-state index is 11.6. The Balaban J connectivity index is 2.25. The van der Waals surface area contributed by atoms with E-state index in [2.05, 4.69) is 33.4 Å². The van der Waals surface area contributed by atoms with E-state index in [1.165, 1.54) is 6.26 Å². The summed E-state index contributed by atoms with van der Waals surface area (Å²) in [5.41, 5.74) is 1.11. The molecule has 1 aromatic rings. The fourth-order valence-electron chi connectivity index (χ4n) is 3.12. The maximum Gasteiger partial charge on any atom is 0.209 e. The second-order valence-corrected chi connectivity index (χ2v) is 7.85. The molecule has 2 atom stereocenters. The SMILES string of the molecule is CCCC1CN(c2nc(C)ncc2CC)CC1NS(C)(=O)=O. The molecule has 0 aliphatic carbocycles. The van der Waals surface area contributed by atoms with Crippen molar-refractivity contribution in [2.45, 2.75) is 46.1 Å². The van der Waals surface area contributed by atoms with Gasteiger partial charge in [0.15, 0.2) is 0 Å². The highest BCUT2D eigenvalue weighted by Gasteiger charge is 2.35. The van der Waals surface area contributed by atoms with Crippen molar-refractivity contribution in [1.29, 1.82) is 0 Å². The monoisotopic (exact) mass is 326 g/mol. The number of nitrogens with zero attached hydrogens (tertiary/aromatic N) is 3.